The van der Waals surface area contributed by atoms with Gasteiger partial charge in [-0.05, 0) is 20.3 Å². The van der Waals surface area contributed by atoms with Crippen molar-refractivity contribution < 1.29 is 14.6 Å². The fraction of sp³-hybridized carbons (Fsp3) is 0.636. The highest BCUT2D eigenvalue weighted by Crippen LogP contribution is 2.26. The van der Waals surface area contributed by atoms with E-state index in [1.54, 1.807) is 6.92 Å². The minimum atomic E-state index is -0.912. The second-order valence-corrected chi connectivity index (χ2v) is 5.29. The largest absolute Gasteiger partial charge is 0.477 e. The number of nitrogens with one attached hydrogen (secondary N) is 1. The van der Waals surface area contributed by atoms with Gasteiger partial charge in [0.1, 0.15) is 4.88 Å². The number of aromatic nitrogens is 1. The smallest absolute Gasteiger partial charge is 0.347 e. The molecule has 2 N–H and O–H groups in total. The van der Waals surface area contributed by atoms with E-state index < -0.39 is 5.97 Å². The monoisotopic (exact) mass is 256 g/mol. The molecule has 17 heavy (non-hydrogen) atoms. The maximum Gasteiger partial charge on any atom is 0.347 e. The Bertz CT molecular complexity index is 413. The van der Waals surface area contributed by atoms with Crippen LogP contribution in [0.4, 0.5) is 5.13 Å². The van der Waals surface area contributed by atoms with Gasteiger partial charge < -0.3 is 15.2 Å². The van der Waals surface area contributed by atoms with Gasteiger partial charge in [-0.1, -0.05) is 11.3 Å². The third-order valence-corrected chi connectivity index (χ3v) is 4.09. The lowest BCUT2D eigenvalue weighted by Gasteiger charge is -2.18. The molecule has 1 aliphatic rings. The number of anilines is 1. The molecule has 1 saturated heterocycles. The van der Waals surface area contributed by atoms with E-state index in [1.165, 1.54) is 11.3 Å². The van der Waals surface area contributed by atoms with Crippen LogP contribution in [0.5, 0.6) is 0 Å². The van der Waals surface area contributed by atoms with E-state index >= 15 is 0 Å². The number of aryl methyl sites for hydroxylation is 1. The quantitative estimate of drug-likeness (QED) is 0.862. The van der Waals surface area contributed by atoms with Gasteiger partial charge in [-0.15, -0.1) is 0 Å². The number of carboxylic acid groups (broad SMARTS) is 1. The lowest BCUT2D eigenvalue weighted by molar-refractivity contribution is 0.0701. The molecule has 0 saturated carbocycles. The molecular formula is C11H16N2O3S. The van der Waals surface area contributed by atoms with E-state index in [0.29, 0.717) is 21.6 Å². The maximum atomic E-state index is 10.9. The summed E-state index contributed by atoms with van der Waals surface area (Å²) in [5.74, 6) is -0.433. The standard InChI is InChI=1S/C11H16N2O3S/c1-6(8-3-4-16-5-8)12-11-13-7(2)9(17-11)10(14)15/h6,8H,3-5H2,1-2H3,(H,12,13)(H,14,15). The Labute approximate surface area is 104 Å². The van der Waals surface area contributed by atoms with Crippen molar-refractivity contribution in [3.63, 3.8) is 0 Å². The summed E-state index contributed by atoms with van der Waals surface area (Å²) in [5.41, 5.74) is 0.569. The summed E-state index contributed by atoms with van der Waals surface area (Å²) < 4.78 is 5.33. The molecule has 1 aromatic heterocycles. The highest BCUT2D eigenvalue weighted by molar-refractivity contribution is 7.17. The first-order valence-corrected chi connectivity index (χ1v) is 6.44. The Balaban J connectivity index is 2.03. The van der Waals surface area contributed by atoms with Crippen molar-refractivity contribution in [1.82, 2.24) is 4.98 Å². The first-order valence-electron chi connectivity index (χ1n) is 5.63. The van der Waals surface area contributed by atoms with Gasteiger partial charge in [-0.25, -0.2) is 9.78 Å². The van der Waals surface area contributed by atoms with Crippen molar-refractivity contribution in [3.8, 4) is 0 Å². The van der Waals surface area contributed by atoms with Gasteiger partial charge >= 0.3 is 5.97 Å². The Morgan fingerprint density at radius 3 is 3.00 bits per heavy atom. The van der Waals surface area contributed by atoms with Gasteiger partial charge in [0.15, 0.2) is 5.13 Å². The van der Waals surface area contributed by atoms with E-state index in [4.69, 9.17) is 9.84 Å². The van der Waals surface area contributed by atoms with Crippen molar-refractivity contribution in [1.29, 1.82) is 0 Å². The van der Waals surface area contributed by atoms with Crippen LogP contribution in [-0.4, -0.2) is 35.3 Å². The molecular weight excluding hydrogens is 240 g/mol. The maximum absolute atomic E-state index is 10.9. The summed E-state index contributed by atoms with van der Waals surface area (Å²) >= 11 is 1.19. The minimum Gasteiger partial charge on any atom is -0.477 e. The van der Waals surface area contributed by atoms with Crippen molar-refractivity contribution in [2.45, 2.75) is 26.3 Å². The van der Waals surface area contributed by atoms with Gasteiger partial charge in [-0.2, -0.15) is 0 Å². The number of carboxylic acids is 1. The molecule has 94 valence electrons. The third kappa shape index (κ3) is 2.76. The summed E-state index contributed by atoms with van der Waals surface area (Å²) in [4.78, 5) is 15.4. The predicted molar refractivity (Wildman–Crippen MR) is 65.8 cm³/mol. The second-order valence-electron chi connectivity index (χ2n) is 4.30. The molecule has 1 aromatic rings. The topological polar surface area (TPSA) is 71.5 Å². The number of hydrogen-bond acceptors (Lipinski definition) is 5. The molecule has 6 heteroatoms. The zero-order chi connectivity index (χ0) is 12.4. The van der Waals surface area contributed by atoms with Crippen LogP contribution < -0.4 is 5.32 Å². The fourth-order valence-corrected chi connectivity index (χ4v) is 2.82. The molecule has 0 spiro atoms. The predicted octanol–water partition coefficient (Wildman–Crippen LogP) is 1.99. The highest BCUT2D eigenvalue weighted by Gasteiger charge is 2.23. The molecule has 0 aliphatic carbocycles. The van der Waals surface area contributed by atoms with Gasteiger partial charge in [0, 0.05) is 18.6 Å². The van der Waals surface area contributed by atoms with Crippen LogP contribution in [0.3, 0.4) is 0 Å². The van der Waals surface area contributed by atoms with Gasteiger partial charge in [0.2, 0.25) is 0 Å². The third-order valence-electron chi connectivity index (χ3n) is 3.01. The molecule has 2 rings (SSSR count). The Morgan fingerprint density at radius 1 is 1.71 bits per heavy atom. The summed E-state index contributed by atoms with van der Waals surface area (Å²) in [6.45, 7) is 5.38. The summed E-state index contributed by atoms with van der Waals surface area (Å²) in [6, 6.07) is 0.254. The van der Waals surface area contributed by atoms with Crippen LogP contribution in [0.25, 0.3) is 0 Å². The Morgan fingerprint density at radius 2 is 2.47 bits per heavy atom. The average molecular weight is 256 g/mol. The zero-order valence-electron chi connectivity index (χ0n) is 9.90. The van der Waals surface area contributed by atoms with Crippen molar-refractivity contribution >= 4 is 22.4 Å². The van der Waals surface area contributed by atoms with E-state index in [1.807, 2.05) is 0 Å². The normalized spacial score (nSPS) is 21.4. The van der Waals surface area contributed by atoms with Crippen LogP contribution in [0.15, 0.2) is 0 Å². The van der Waals surface area contributed by atoms with E-state index in [9.17, 15) is 4.79 Å². The number of carbonyl (C=O) groups is 1. The van der Waals surface area contributed by atoms with E-state index in [0.717, 1.165) is 19.6 Å². The SMILES string of the molecule is Cc1nc(NC(C)C2CCOC2)sc1C(=O)O. The minimum absolute atomic E-state index is 0.254. The van der Waals surface area contributed by atoms with Gasteiger partial charge in [-0.3, -0.25) is 0 Å². The van der Waals surface area contributed by atoms with Crippen molar-refractivity contribution in [2.75, 3.05) is 18.5 Å². The number of ether oxygens (including phenoxy) is 1. The average Bonchev–Trinajstić information content (AvgIpc) is 2.86. The molecule has 0 radical (unpaired) electrons. The zero-order valence-corrected chi connectivity index (χ0v) is 10.7. The van der Waals surface area contributed by atoms with Crippen LogP contribution in [0.2, 0.25) is 0 Å². The molecule has 5 nitrogen and oxygen atoms in total. The fourth-order valence-electron chi connectivity index (χ4n) is 1.92. The van der Waals surface area contributed by atoms with Gasteiger partial charge in [0.05, 0.1) is 12.3 Å². The van der Waals surface area contributed by atoms with Crippen molar-refractivity contribution in [2.24, 2.45) is 5.92 Å². The molecule has 1 aliphatic heterocycles. The summed E-state index contributed by atoms with van der Waals surface area (Å²) in [6.07, 6.45) is 1.05. The number of nitrogens with zero attached hydrogens (tertiary/aromatic N) is 1. The Kier molecular flexibility index (Phi) is 3.63. The summed E-state index contributed by atoms with van der Waals surface area (Å²) in [5, 5.41) is 12.9. The Hall–Kier alpha value is -1.14. The molecule has 1 fully saturated rings. The number of rotatable bonds is 4. The molecule has 2 unspecified atom stereocenters. The lowest BCUT2D eigenvalue weighted by Crippen LogP contribution is -2.25. The number of hydrogen-bond donors (Lipinski definition) is 2. The first-order chi connectivity index (χ1) is 8.08. The van der Waals surface area contributed by atoms with Crippen molar-refractivity contribution in [3.05, 3.63) is 10.6 Å². The number of aromatic carboxylic acids is 1. The molecule has 0 aromatic carbocycles. The lowest BCUT2D eigenvalue weighted by atomic mass is 10.0. The van der Waals surface area contributed by atoms with E-state index in [2.05, 4.69) is 17.2 Å². The second kappa shape index (κ2) is 5.01. The van der Waals surface area contributed by atoms with Crippen LogP contribution in [-0.2, 0) is 4.74 Å². The summed E-state index contributed by atoms with van der Waals surface area (Å²) in [7, 11) is 0. The highest BCUT2D eigenvalue weighted by atomic mass is 32.1. The van der Waals surface area contributed by atoms with Crippen LogP contribution in [0.1, 0.15) is 28.7 Å². The first kappa shape index (κ1) is 12.3. The van der Waals surface area contributed by atoms with E-state index in [-0.39, 0.29) is 6.04 Å². The molecule has 0 bridgehead atoms. The van der Waals surface area contributed by atoms with Crippen LogP contribution in [0, 0.1) is 12.8 Å². The molecule has 0 amide bonds. The molecule has 2 heterocycles. The number of thiazole rings is 1. The molecule has 2 atom stereocenters. The van der Waals surface area contributed by atoms with Crippen LogP contribution >= 0.6 is 11.3 Å². The van der Waals surface area contributed by atoms with Gasteiger partial charge in [0.25, 0.3) is 0 Å².